The summed E-state index contributed by atoms with van der Waals surface area (Å²) in [5.41, 5.74) is 1.79. The third kappa shape index (κ3) is 3.12. The van der Waals surface area contributed by atoms with Gasteiger partial charge in [0.2, 0.25) is 0 Å². The molecule has 1 aliphatic heterocycles. The van der Waals surface area contributed by atoms with Crippen molar-refractivity contribution in [3.05, 3.63) is 60.2 Å². The largest absolute Gasteiger partial charge is 0.459 e. The van der Waals surface area contributed by atoms with Gasteiger partial charge in [-0.15, -0.1) is 0 Å². The molecule has 0 aliphatic carbocycles. The molecule has 0 N–H and O–H groups in total. The van der Waals surface area contributed by atoms with Crippen LogP contribution in [0.15, 0.2) is 53.3 Å². The summed E-state index contributed by atoms with van der Waals surface area (Å²) in [4.78, 5) is 29.0. The first-order valence-corrected chi connectivity index (χ1v) is 9.28. The molecule has 1 saturated heterocycles. The fraction of sp³-hybridized carbons (Fsp3) is 0.333. The number of furan rings is 1. The van der Waals surface area contributed by atoms with Crippen LogP contribution in [0.2, 0.25) is 0 Å². The Balaban J connectivity index is 1.50. The van der Waals surface area contributed by atoms with Gasteiger partial charge in [0.25, 0.3) is 11.8 Å². The Bertz CT molecular complexity index is 964. The Morgan fingerprint density at radius 1 is 0.926 bits per heavy atom. The molecule has 140 valence electrons. The number of hydrogen-bond donors (Lipinski definition) is 0. The lowest BCUT2D eigenvalue weighted by Crippen LogP contribution is -2.50. The minimum absolute atomic E-state index is 0.0206. The minimum Gasteiger partial charge on any atom is -0.459 e. The fourth-order valence-corrected chi connectivity index (χ4v) is 3.66. The summed E-state index contributed by atoms with van der Waals surface area (Å²) in [6.07, 6.45) is 3.53. The molecule has 4 rings (SSSR count). The third-order valence-corrected chi connectivity index (χ3v) is 5.14. The second-order valence-electron chi connectivity index (χ2n) is 7.12. The first kappa shape index (κ1) is 17.4. The molecule has 0 saturated carbocycles. The van der Waals surface area contributed by atoms with Crippen molar-refractivity contribution in [1.82, 2.24) is 14.4 Å². The van der Waals surface area contributed by atoms with Gasteiger partial charge >= 0.3 is 0 Å². The van der Waals surface area contributed by atoms with Crippen LogP contribution >= 0.6 is 0 Å². The van der Waals surface area contributed by atoms with Crippen LogP contribution in [0.5, 0.6) is 0 Å². The standard InChI is InChI=1S/C21H23N3O3/c1-15(2)24-9-8-16-17(5-3-6-18(16)24)20(25)22-10-12-23(13-11-22)21(26)19-7-4-14-27-19/h3-9,14-15H,10-13H2,1-2H3. The summed E-state index contributed by atoms with van der Waals surface area (Å²) in [5, 5.41) is 0.977. The summed E-state index contributed by atoms with van der Waals surface area (Å²) in [7, 11) is 0. The van der Waals surface area contributed by atoms with Gasteiger partial charge in [-0.2, -0.15) is 0 Å². The van der Waals surface area contributed by atoms with E-state index in [0.717, 1.165) is 16.5 Å². The van der Waals surface area contributed by atoms with E-state index in [9.17, 15) is 9.59 Å². The van der Waals surface area contributed by atoms with Crippen molar-refractivity contribution in [3.8, 4) is 0 Å². The highest BCUT2D eigenvalue weighted by Crippen LogP contribution is 2.25. The summed E-state index contributed by atoms with van der Waals surface area (Å²) in [5.74, 6) is 0.241. The number of aromatic nitrogens is 1. The maximum atomic E-state index is 13.1. The Morgan fingerprint density at radius 2 is 1.63 bits per heavy atom. The van der Waals surface area contributed by atoms with Crippen LogP contribution in [-0.4, -0.2) is 52.4 Å². The maximum absolute atomic E-state index is 13.1. The maximum Gasteiger partial charge on any atom is 0.289 e. The van der Waals surface area contributed by atoms with E-state index in [2.05, 4.69) is 18.4 Å². The minimum atomic E-state index is -0.122. The van der Waals surface area contributed by atoms with E-state index in [4.69, 9.17) is 4.42 Å². The van der Waals surface area contributed by atoms with Gasteiger partial charge in [0.15, 0.2) is 5.76 Å². The van der Waals surface area contributed by atoms with Crippen LogP contribution < -0.4 is 0 Å². The normalized spacial score (nSPS) is 14.9. The van der Waals surface area contributed by atoms with Crippen LogP contribution in [-0.2, 0) is 0 Å². The molecular weight excluding hydrogens is 342 g/mol. The molecule has 0 unspecified atom stereocenters. The van der Waals surface area contributed by atoms with Crippen molar-refractivity contribution in [2.75, 3.05) is 26.2 Å². The average molecular weight is 365 g/mol. The second kappa shape index (κ2) is 6.95. The molecule has 3 aromatic rings. The smallest absolute Gasteiger partial charge is 0.289 e. The van der Waals surface area contributed by atoms with Gasteiger partial charge in [0.1, 0.15) is 0 Å². The van der Waals surface area contributed by atoms with E-state index >= 15 is 0 Å². The third-order valence-electron chi connectivity index (χ3n) is 5.14. The fourth-order valence-electron chi connectivity index (χ4n) is 3.66. The van der Waals surface area contributed by atoms with Gasteiger partial charge in [-0.1, -0.05) is 6.07 Å². The van der Waals surface area contributed by atoms with Crippen LogP contribution in [0.1, 0.15) is 40.8 Å². The zero-order valence-electron chi connectivity index (χ0n) is 15.6. The van der Waals surface area contributed by atoms with E-state index in [1.165, 1.54) is 6.26 Å². The molecule has 1 aliphatic rings. The van der Waals surface area contributed by atoms with Gasteiger partial charge in [-0.25, -0.2) is 0 Å². The number of rotatable bonds is 3. The van der Waals surface area contributed by atoms with E-state index in [1.807, 2.05) is 35.4 Å². The second-order valence-corrected chi connectivity index (χ2v) is 7.12. The molecule has 27 heavy (non-hydrogen) atoms. The Morgan fingerprint density at radius 3 is 2.26 bits per heavy atom. The first-order valence-electron chi connectivity index (χ1n) is 9.28. The van der Waals surface area contributed by atoms with Crippen molar-refractivity contribution in [2.45, 2.75) is 19.9 Å². The highest BCUT2D eigenvalue weighted by Gasteiger charge is 2.27. The molecule has 0 bridgehead atoms. The summed E-state index contributed by atoms with van der Waals surface area (Å²) < 4.78 is 7.36. The monoisotopic (exact) mass is 365 g/mol. The highest BCUT2D eigenvalue weighted by molar-refractivity contribution is 6.06. The number of amides is 2. The average Bonchev–Trinajstić information content (AvgIpc) is 3.36. The molecule has 1 aromatic carbocycles. The quantitative estimate of drug-likeness (QED) is 0.715. The number of fused-ring (bicyclic) bond motifs is 1. The Kier molecular flexibility index (Phi) is 4.48. The lowest BCUT2D eigenvalue weighted by Gasteiger charge is -2.34. The predicted molar refractivity (Wildman–Crippen MR) is 103 cm³/mol. The molecule has 2 aromatic heterocycles. The van der Waals surface area contributed by atoms with Crippen molar-refractivity contribution in [1.29, 1.82) is 0 Å². The van der Waals surface area contributed by atoms with E-state index in [0.29, 0.717) is 38.0 Å². The van der Waals surface area contributed by atoms with E-state index in [-0.39, 0.29) is 11.8 Å². The number of carbonyl (C=O) groups is 2. The number of carbonyl (C=O) groups excluding carboxylic acids is 2. The van der Waals surface area contributed by atoms with Crippen LogP contribution in [0.3, 0.4) is 0 Å². The van der Waals surface area contributed by atoms with Crippen LogP contribution in [0.25, 0.3) is 10.9 Å². The summed E-state index contributed by atoms with van der Waals surface area (Å²) in [6.45, 7) is 6.31. The molecule has 2 amide bonds. The predicted octanol–water partition coefficient (Wildman–Crippen LogP) is 3.41. The molecule has 1 fully saturated rings. The molecule has 6 heteroatoms. The first-order chi connectivity index (χ1) is 13.1. The van der Waals surface area contributed by atoms with Gasteiger partial charge in [-0.05, 0) is 44.2 Å². The van der Waals surface area contributed by atoms with Gasteiger partial charge in [-0.3, -0.25) is 9.59 Å². The van der Waals surface area contributed by atoms with Gasteiger partial charge < -0.3 is 18.8 Å². The molecule has 6 nitrogen and oxygen atoms in total. The molecule has 0 radical (unpaired) electrons. The van der Waals surface area contributed by atoms with Gasteiger partial charge in [0, 0.05) is 54.9 Å². The van der Waals surface area contributed by atoms with Crippen molar-refractivity contribution >= 4 is 22.7 Å². The summed E-state index contributed by atoms with van der Waals surface area (Å²) in [6, 6.07) is 11.6. The number of benzene rings is 1. The molecule has 0 spiro atoms. The zero-order chi connectivity index (χ0) is 19.0. The Labute approximate surface area is 158 Å². The van der Waals surface area contributed by atoms with Gasteiger partial charge in [0.05, 0.1) is 6.26 Å². The lowest BCUT2D eigenvalue weighted by molar-refractivity contribution is 0.0519. The topological polar surface area (TPSA) is 58.7 Å². The Hall–Kier alpha value is -3.02. The lowest BCUT2D eigenvalue weighted by atomic mass is 10.1. The van der Waals surface area contributed by atoms with Crippen molar-refractivity contribution in [3.63, 3.8) is 0 Å². The number of hydrogen-bond acceptors (Lipinski definition) is 3. The summed E-state index contributed by atoms with van der Waals surface area (Å²) >= 11 is 0. The SMILES string of the molecule is CC(C)n1ccc2c(C(=O)N3CCN(C(=O)c4ccco4)CC3)cccc21. The van der Waals surface area contributed by atoms with Crippen LogP contribution in [0, 0.1) is 0 Å². The van der Waals surface area contributed by atoms with Crippen molar-refractivity contribution < 1.29 is 14.0 Å². The number of nitrogens with zero attached hydrogens (tertiary/aromatic N) is 3. The van der Waals surface area contributed by atoms with Crippen LogP contribution in [0.4, 0.5) is 0 Å². The molecule has 3 heterocycles. The van der Waals surface area contributed by atoms with E-state index < -0.39 is 0 Å². The number of piperazine rings is 1. The van der Waals surface area contributed by atoms with Crippen molar-refractivity contribution in [2.24, 2.45) is 0 Å². The molecular formula is C21H23N3O3. The zero-order valence-corrected chi connectivity index (χ0v) is 15.6. The van der Waals surface area contributed by atoms with E-state index in [1.54, 1.807) is 17.0 Å². The highest BCUT2D eigenvalue weighted by atomic mass is 16.3. The molecule has 0 atom stereocenters.